The van der Waals surface area contributed by atoms with Crippen molar-refractivity contribution in [1.29, 1.82) is 0 Å². The van der Waals surface area contributed by atoms with E-state index in [2.05, 4.69) is 41.0 Å². The average Bonchev–Trinajstić information content (AvgIpc) is 2.03. The summed E-state index contributed by atoms with van der Waals surface area (Å²) in [5.41, 5.74) is 0.476. The molecule has 0 aromatic carbocycles. The molecule has 0 bridgehead atoms. The summed E-state index contributed by atoms with van der Waals surface area (Å²) in [6, 6.07) is 0. The molecule has 0 aromatic rings. The maximum absolute atomic E-state index is 2.38. The minimum atomic E-state index is 0.476. The van der Waals surface area contributed by atoms with Crippen molar-refractivity contribution in [2.24, 2.45) is 11.3 Å². The van der Waals surface area contributed by atoms with Crippen LogP contribution in [0.15, 0.2) is 0 Å². The Morgan fingerprint density at radius 3 is 2.18 bits per heavy atom. The molecule has 0 N–H and O–H groups in total. The largest absolute Gasteiger partial charge is 0.325 e. The lowest BCUT2D eigenvalue weighted by Crippen LogP contribution is -2.24. The summed E-state index contributed by atoms with van der Waals surface area (Å²) in [5, 5.41) is 0. The number of hydrogen-bond acceptors (Lipinski definition) is 0. The lowest BCUT2D eigenvalue weighted by atomic mass is 9.72. The van der Waals surface area contributed by atoms with Gasteiger partial charge in [0.25, 0.3) is 0 Å². The molecule has 0 aliphatic rings. The van der Waals surface area contributed by atoms with Gasteiger partial charge in [0.2, 0.25) is 0 Å². The van der Waals surface area contributed by atoms with E-state index in [9.17, 15) is 0 Å². The van der Waals surface area contributed by atoms with Crippen molar-refractivity contribution in [2.75, 3.05) is 0 Å². The van der Waals surface area contributed by atoms with Crippen LogP contribution in [0.25, 0.3) is 0 Å². The molecule has 0 aliphatic carbocycles. The van der Waals surface area contributed by atoms with Gasteiger partial charge in [-0.3, -0.25) is 0 Å². The first-order valence-corrected chi connectivity index (χ1v) is 4.91. The van der Waals surface area contributed by atoms with Gasteiger partial charge in [0.05, 0.1) is 0 Å². The monoisotopic (exact) mass is 155 g/mol. The van der Waals surface area contributed by atoms with Crippen LogP contribution in [-0.4, -0.2) is 0 Å². The number of rotatable bonds is 5. The van der Waals surface area contributed by atoms with Crippen LogP contribution in [-0.2, 0) is 0 Å². The lowest BCUT2D eigenvalue weighted by molar-refractivity contribution is 0.222. The minimum Gasteiger partial charge on any atom is -0.325 e. The van der Waals surface area contributed by atoms with Crippen LogP contribution in [0.4, 0.5) is 0 Å². The quantitative estimate of drug-likeness (QED) is 0.525. The topological polar surface area (TPSA) is 0 Å². The van der Waals surface area contributed by atoms with Crippen molar-refractivity contribution >= 4 is 0 Å². The summed E-state index contributed by atoms with van der Waals surface area (Å²) in [6.45, 7) is 11.5. The van der Waals surface area contributed by atoms with Gasteiger partial charge < -0.3 is 6.42 Å². The molecule has 0 nitrogen and oxygen atoms in total. The second kappa shape index (κ2) is 4.79. The lowest BCUT2D eigenvalue weighted by Gasteiger charge is -2.43. The molecule has 11 heavy (non-hydrogen) atoms. The molecule has 0 heteroatoms. The SMILES string of the molecule is C[CH-]C(C)(CCC)C(C)CC. The van der Waals surface area contributed by atoms with Crippen LogP contribution in [0.2, 0.25) is 0 Å². The maximum Gasteiger partial charge on any atom is -0.0555 e. The Morgan fingerprint density at radius 2 is 1.91 bits per heavy atom. The fourth-order valence-corrected chi connectivity index (χ4v) is 1.68. The predicted molar refractivity (Wildman–Crippen MR) is 52.4 cm³/mol. The van der Waals surface area contributed by atoms with Crippen molar-refractivity contribution < 1.29 is 0 Å². The van der Waals surface area contributed by atoms with Crippen LogP contribution >= 0.6 is 0 Å². The summed E-state index contributed by atoms with van der Waals surface area (Å²) in [6.07, 6.45) is 6.30. The Labute approximate surface area is 72.4 Å². The molecule has 68 valence electrons. The molecule has 0 heterocycles. The minimum absolute atomic E-state index is 0.476. The fraction of sp³-hybridized carbons (Fsp3) is 0.909. The molecule has 0 rings (SSSR count). The smallest absolute Gasteiger partial charge is 0.0555 e. The first kappa shape index (κ1) is 11.0. The molecule has 0 radical (unpaired) electrons. The van der Waals surface area contributed by atoms with Gasteiger partial charge >= 0.3 is 0 Å². The van der Waals surface area contributed by atoms with Gasteiger partial charge in [-0.1, -0.05) is 52.9 Å². The van der Waals surface area contributed by atoms with E-state index in [-0.39, 0.29) is 0 Å². The van der Waals surface area contributed by atoms with Crippen LogP contribution in [0.3, 0.4) is 0 Å². The van der Waals surface area contributed by atoms with Crippen LogP contribution in [0.1, 0.15) is 53.9 Å². The van der Waals surface area contributed by atoms with Gasteiger partial charge in [-0.05, 0) is 0 Å². The third-order valence-corrected chi connectivity index (χ3v) is 3.19. The molecule has 0 aliphatic heterocycles. The molecule has 0 spiro atoms. The van der Waals surface area contributed by atoms with Crippen molar-refractivity contribution in [3.63, 3.8) is 0 Å². The Kier molecular flexibility index (Phi) is 4.79. The highest BCUT2D eigenvalue weighted by Crippen LogP contribution is 2.36. The Morgan fingerprint density at radius 1 is 1.36 bits per heavy atom. The molecular formula is C11H23-. The van der Waals surface area contributed by atoms with Crippen LogP contribution in [0.5, 0.6) is 0 Å². The first-order chi connectivity index (χ1) is 5.10. The highest BCUT2D eigenvalue weighted by molar-refractivity contribution is 4.88. The zero-order chi connectivity index (χ0) is 8.91. The molecule has 2 atom stereocenters. The van der Waals surface area contributed by atoms with Gasteiger partial charge in [0.1, 0.15) is 0 Å². The van der Waals surface area contributed by atoms with Crippen molar-refractivity contribution in [3.05, 3.63) is 6.42 Å². The van der Waals surface area contributed by atoms with E-state index in [4.69, 9.17) is 0 Å². The molecule has 0 aromatic heterocycles. The Balaban J connectivity index is 4.07. The van der Waals surface area contributed by atoms with Gasteiger partial charge in [0.15, 0.2) is 0 Å². The normalized spacial score (nSPS) is 19.4. The van der Waals surface area contributed by atoms with E-state index in [1.165, 1.54) is 19.3 Å². The molecular weight excluding hydrogens is 132 g/mol. The molecule has 0 fully saturated rings. The van der Waals surface area contributed by atoms with Crippen molar-refractivity contribution in [2.45, 2.75) is 53.9 Å². The third-order valence-electron chi connectivity index (χ3n) is 3.19. The summed E-state index contributed by atoms with van der Waals surface area (Å²) < 4.78 is 0. The maximum atomic E-state index is 2.38. The van der Waals surface area contributed by atoms with E-state index in [0.717, 1.165) is 5.92 Å². The highest BCUT2D eigenvalue weighted by Gasteiger charge is 2.18. The van der Waals surface area contributed by atoms with Gasteiger partial charge in [-0.2, -0.15) is 12.3 Å². The summed E-state index contributed by atoms with van der Waals surface area (Å²) in [4.78, 5) is 0. The summed E-state index contributed by atoms with van der Waals surface area (Å²) >= 11 is 0. The van der Waals surface area contributed by atoms with E-state index in [1.807, 2.05) is 0 Å². The van der Waals surface area contributed by atoms with E-state index in [1.54, 1.807) is 0 Å². The second-order valence-electron chi connectivity index (χ2n) is 3.85. The predicted octanol–water partition coefficient (Wildman–Crippen LogP) is 4.06. The second-order valence-corrected chi connectivity index (χ2v) is 3.85. The molecule has 0 saturated heterocycles. The molecule has 2 unspecified atom stereocenters. The van der Waals surface area contributed by atoms with E-state index >= 15 is 0 Å². The Hall–Kier alpha value is 0. The van der Waals surface area contributed by atoms with Gasteiger partial charge in [-0.15, -0.1) is 0 Å². The van der Waals surface area contributed by atoms with Gasteiger partial charge in [0, 0.05) is 0 Å². The zero-order valence-electron chi connectivity index (χ0n) is 8.78. The highest BCUT2D eigenvalue weighted by atomic mass is 14.3. The molecule has 0 saturated carbocycles. The average molecular weight is 155 g/mol. The zero-order valence-corrected chi connectivity index (χ0v) is 8.78. The van der Waals surface area contributed by atoms with Crippen molar-refractivity contribution in [3.8, 4) is 0 Å². The van der Waals surface area contributed by atoms with Crippen LogP contribution in [0, 0.1) is 17.8 Å². The van der Waals surface area contributed by atoms with Crippen LogP contribution < -0.4 is 0 Å². The summed E-state index contributed by atoms with van der Waals surface area (Å²) in [5.74, 6) is 0.826. The Bertz CT molecular complexity index is 96.2. The van der Waals surface area contributed by atoms with Crippen molar-refractivity contribution in [1.82, 2.24) is 0 Å². The van der Waals surface area contributed by atoms with E-state index in [0.29, 0.717) is 5.41 Å². The fourth-order valence-electron chi connectivity index (χ4n) is 1.68. The van der Waals surface area contributed by atoms with Gasteiger partial charge in [-0.25, -0.2) is 0 Å². The standard InChI is InChI=1S/C11H23/c1-6-9-11(5,8-3)10(4)7-2/h8,10H,6-7,9H2,1-5H3/q-1. The first-order valence-electron chi connectivity index (χ1n) is 4.91. The molecule has 0 amide bonds. The summed E-state index contributed by atoms with van der Waals surface area (Å²) in [7, 11) is 0. The third kappa shape index (κ3) is 2.84. The van der Waals surface area contributed by atoms with E-state index < -0.39 is 0 Å². The number of hydrogen-bond donors (Lipinski definition) is 0.